The monoisotopic (exact) mass is 540 g/mol. The van der Waals surface area contributed by atoms with Crippen LogP contribution in [0.2, 0.25) is 0 Å². The first kappa shape index (κ1) is 17.4. The highest BCUT2D eigenvalue weighted by molar-refractivity contribution is 6.27. The lowest BCUT2D eigenvalue weighted by atomic mass is 9.84. The van der Waals surface area contributed by atoms with E-state index in [0.29, 0.717) is 5.56 Å². The predicted molar refractivity (Wildman–Crippen MR) is 181 cm³/mol. The summed E-state index contributed by atoms with van der Waals surface area (Å²) < 4.78 is 63.5. The van der Waals surface area contributed by atoms with Crippen LogP contribution in [0.5, 0.6) is 0 Å². The second-order valence-corrected chi connectivity index (χ2v) is 10.8. The highest BCUT2D eigenvalue weighted by atomic mass is 14.9. The zero-order valence-electron chi connectivity index (χ0n) is 29.8. The first-order valence-electron chi connectivity index (χ1n) is 17.5. The second kappa shape index (κ2) is 8.80. The molecule has 8 aromatic carbocycles. The number of hydrogen-bond acceptors (Lipinski definition) is 0. The van der Waals surface area contributed by atoms with Gasteiger partial charge >= 0.3 is 0 Å². The average molecular weight is 541 g/mol. The normalized spacial score (nSPS) is 14.3. The summed E-state index contributed by atoms with van der Waals surface area (Å²) in [6.07, 6.45) is 0. The topological polar surface area (TPSA) is 4.93 Å². The van der Waals surface area contributed by atoms with Crippen LogP contribution in [0.4, 0.5) is 0 Å². The largest absolute Gasteiger partial charge is 0.343 e. The second-order valence-electron chi connectivity index (χ2n) is 10.8. The predicted octanol–water partition coefficient (Wildman–Crippen LogP) is 11.3. The van der Waals surface area contributed by atoms with E-state index in [4.69, 9.17) is 8.22 Å². The van der Waals surface area contributed by atoms with Gasteiger partial charge in [0.15, 0.2) is 0 Å². The summed E-state index contributed by atoms with van der Waals surface area (Å²) in [4.78, 5) is 0. The van der Waals surface area contributed by atoms with E-state index >= 15 is 0 Å². The van der Waals surface area contributed by atoms with Gasteiger partial charge in [-0.05, 0) is 54.4 Å². The molecule has 0 bridgehead atoms. The molecule has 0 amide bonds. The van der Waals surface area contributed by atoms with E-state index in [1.165, 1.54) is 16.2 Å². The fourth-order valence-electron chi connectivity index (χ4n) is 6.96. The third-order valence-electron chi connectivity index (χ3n) is 8.66. The zero-order valence-corrected chi connectivity index (χ0v) is 22.8. The van der Waals surface area contributed by atoms with Gasteiger partial charge in [-0.3, -0.25) is 0 Å². The average Bonchev–Trinajstić information content (AvgIpc) is 3.43. The van der Waals surface area contributed by atoms with Gasteiger partial charge in [0.25, 0.3) is 0 Å². The molecule has 0 N–H and O–H groups in total. The summed E-state index contributed by atoms with van der Waals surface area (Å²) in [5.41, 5.74) is 5.14. The maximum atomic E-state index is 9.22. The van der Waals surface area contributed by atoms with E-state index in [9.17, 15) is 1.37 Å². The third-order valence-corrected chi connectivity index (χ3v) is 8.66. The van der Waals surface area contributed by atoms with Crippen molar-refractivity contribution in [2.45, 2.75) is 0 Å². The molecule has 0 aliphatic carbocycles. The molecule has 1 aromatic heterocycles. The number of benzene rings is 8. The molecule has 0 aliphatic heterocycles. The molecule has 9 rings (SSSR count). The Morgan fingerprint density at radius 2 is 0.976 bits per heavy atom. The van der Waals surface area contributed by atoms with Crippen LogP contribution in [0.1, 0.15) is 9.60 Å². The van der Waals surface area contributed by atoms with Crippen molar-refractivity contribution in [3.05, 3.63) is 145 Å². The zero-order chi connectivity index (χ0) is 33.9. The summed E-state index contributed by atoms with van der Waals surface area (Å²) in [7, 11) is 2.11. The first-order chi connectivity index (χ1) is 23.7. The van der Waals surface area contributed by atoms with Crippen LogP contribution in [0, 0.1) is 0 Å². The number of hydrogen-bond donors (Lipinski definition) is 0. The minimum Gasteiger partial charge on any atom is -0.343 e. The van der Waals surface area contributed by atoms with Gasteiger partial charge in [-0.2, -0.15) is 0 Å². The molecule has 0 aliphatic rings. The van der Waals surface area contributed by atoms with Crippen LogP contribution < -0.4 is 0 Å². The number of rotatable bonds is 2. The lowest BCUT2D eigenvalue weighted by Gasteiger charge is -2.19. The maximum Gasteiger partial charge on any atom is 0.0629 e. The van der Waals surface area contributed by atoms with E-state index in [-0.39, 0.29) is 46.5 Å². The molecule has 9 aromatic rings. The highest BCUT2D eigenvalue weighted by Crippen LogP contribution is 2.47. The fraction of sp³-hybridized carbons (Fsp3) is 0.0244. The van der Waals surface area contributed by atoms with Crippen molar-refractivity contribution in [2.24, 2.45) is 7.05 Å². The molecule has 0 spiro atoms. The maximum absolute atomic E-state index is 9.22. The number of fused-ring (bicyclic) bond motifs is 8. The number of aromatic nitrogens is 1. The van der Waals surface area contributed by atoms with Crippen LogP contribution in [0.25, 0.3) is 87.1 Å². The molecule has 1 heteroatoms. The van der Waals surface area contributed by atoms with Crippen LogP contribution in [-0.4, -0.2) is 4.57 Å². The summed E-state index contributed by atoms with van der Waals surface area (Å²) >= 11 is 0. The van der Waals surface area contributed by atoms with Gasteiger partial charge < -0.3 is 4.57 Å². The van der Waals surface area contributed by atoms with Gasteiger partial charge in [0.2, 0.25) is 0 Å². The Bertz CT molecular complexity index is 2860. The van der Waals surface area contributed by atoms with Crippen molar-refractivity contribution in [3.8, 4) is 22.3 Å². The fourth-order valence-corrected chi connectivity index (χ4v) is 6.96. The van der Waals surface area contributed by atoms with Crippen LogP contribution in [0.3, 0.4) is 0 Å². The lowest BCUT2D eigenvalue weighted by Crippen LogP contribution is -1.94. The molecule has 0 saturated carbocycles. The first-order valence-corrected chi connectivity index (χ1v) is 14.0. The standard InChI is InChI=1S/C41H27N/c1-42-40-29-16-5-3-13-27(29)24-25-36(40)35-22-11-23-37(41(35)42)39-33-19-8-6-17-31(33)38(32-18-7-9-20-34(32)39)30-21-10-14-26-12-2-4-15-28(26)30/h2-25H,1H3/i2D,4D,10D,12D,14D,15D,21D. The van der Waals surface area contributed by atoms with Crippen molar-refractivity contribution in [3.63, 3.8) is 0 Å². The van der Waals surface area contributed by atoms with E-state index < -0.39 is 12.1 Å². The van der Waals surface area contributed by atoms with Gasteiger partial charge in [-0.15, -0.1) is 0 Å². The Labute approximate surface area is 253 Å². The smallest absolute Gasteiger partial charge is 0.0629 e. The Morgan fingerprint density at radius 3 is 1.71 bits per heavy atom. The highest BCUT2D eigenvalue weighted by Gasteiger charge is 2.21. The van der Waals surface area contributed by atoms with Gasteiger partial charge in [0, 0.05) is 28.8 Å². The molecule has 0 fully saturated rings. The van der Waals surface area contributed by atoms with E-state index in [0.717, 1.165) is 49.1 Å². The minimum atomic E-state index is -0.463. The number of nitrogens with zero attached hydrogens (tertiary/aromatic N) is 1. The van der Waals surface area contributed by atoms with Gasteiger partial charge in [0.05, 0.1) is 20.6 Å². The minimum absolute atomic E-state index is 0.0493. The summed E-state index contributed by atoms with van der Waals surface area (Å²) in [5, 5.41) is 8.09. The quantitative estimate of drug-likeness (QED) is 0.192. The van der Waals surface area contributed by atoms with Crippen molar-refractivity contribution in [2.75, 3.05) is 0 Å². The Balaban J connectivity index is 1.49. The number of para-hydroxylation sites is 1. The Kier molecular flexibility index (Phi) is 3.65. The summed E-state index contributed by atoms with van der Waals surface area (Å²) in [6, 6.07) is 32.5. The summed E-state index contributed by atoms with van der Waals surface area (Å²) in [6.45, 7) is 0. The van der Waals surface area contributed by atoms with E-state index in [1.807, 2.05) is 36.4 Å². The third kappa shape index (κ3) is 3.14. The van der Waals surface area contributed by atoms with E-state index in [2.05, 4.69) is 78.3 Å². The SMILES string of the molecule is [2H]c1c([2H])c([2H])c2c(-c3c4ccccc4c(-c4cccc5c6ccc7ccccc7c6n(C)c45)c4ccccc34)c([2H])c([2H])c([2H])c2c1[2H]. The van der Waals surface area contributed by atoms with Crippen LogP contribution in [-0.2, 0) is 7.05 Å². The van der Waals surface area contributed by atoms with Crippen molar-refractivity contribution >= 4 is 64.9 Å². The van der Waals surface area contributed by atoms with Crippen molar-refractivity contribution < 1.29 is 9.60 Å². The van der Waals surface area contributed by atoms with Crippen molar-refractivity contribution in [1.29, 1.82) is 0 Å². The molecule has 196 valence electrons. The molecule has 42 heavy (non-hydrogen) atoms. The van der Waals surface area contributed by atoms with Crippen LogP contribution in [0.15, 0.2) is 145 Å². The Morgan fingerprint density at radius 1 is 0.405 bits per heavy atom. The lowest BCUT2D eigenvalue weighted by molar-refractivity contribution is 1.02. The van der Waals surface area contributed by atoms with E-state index in [1.54, 1.807) is 0 Å². The molecule has 0 atom stereocenters. The Hall–Kier alpha value is -5.40. The molecule has 1 nitrogen and oxygen atoms in total. The molecule has 1 heterocycles. The van der Waals surface area contributed by atoms with Crippen LogP contribution >= 0.6 is 0 Å². The molecular formula is C41H27N. The molecule has 0 radical (unpaired) electrons. The molecular weight excluding hydrogens is 506 g/mol. The van der Waals surface area contributed by atoms with Crippen molar-refractivity contribution in [1.82, 2.24) is 4.57 Å². The van der Waals surface area contributed by atoms with Gasteiger partial charge in [-0.25, -0.2) is 0 Å². The van der Waals surface area contributed by atoms with Gasteiger partial charge in [0.1, 0.15) is 0 Å². The molecule has 0 unspecified atom stereocenters. The van der Waals surface area contributed by atoms with Gasteiger partial charge in [-0.1, -0.05) is 145 Å². The number of aryl methyl sites for hydroxylation is 1. The summed E-state index contributed by atoms with van der Waals surface area (Å²) in [5.74, 6) is 0. The molecule has 0 saturated heterocycles.